The molecule has 8 heteroatoms. The van der Waals surface area contributed by atoms with E-state index in [0.29, 0.717) is 13.0 Å². The summed E-state index contributed by atoms with van der Waals surface area (Å²) in [4.78, 5) is 0. The second kappa shape index (κ2) is 14.4. The van der Waals surface area contributed by atoms with Gasteiger partial charge < -0.3 is 10.2 Å². The first-order valence-corrected chi connectivity index (χ1v) is 12.6. The van der Waals surface area contributed by atoms with Gasteiger partial charge in [-0.05, 0) is 12.0 Å². The van der Waals surface area contributed by atoms with E-state index in [1.165, 1.54) is 37.7 Å². The molecule has 1 aliphatic rings. The SMILES string of the molecule is CCCCCCCCCCS(=O)(=O)OCCOCC1=CN(Cc2ccccc2)NN1. The number of hydrogen-bond donors (Lipinski definition) is 2. The molecule has 0 amide bonds. The van der Waals surface area contributed by atoms with Crippen molar-refractivity contribution in [1.29, 1.82) is 0 Å². The highest BCUT2D eigenvalue weighted by Crippen LogP contribution is 2.10. The normalized spacial score (nSPS) is 14.0. The first-order valence-electron chi connectivity index (χ1n) is 11.1. The molecule has 0 atom stereocenters. The third-order valence-corrected chi connectivity index (χ3v) is 6.18. The summed E-state index contributed by atoms with van der Waals surface area (Å²) in [5.74, 6) is 0.0903. The topological polar surface area (TPSA) is 79.9 Å². The minimum Gasteiger partial charge on any atom is -0.373 e. The zero-order valence-electron chi connectivity index (χ0n) is 18.1. The molecule has 0 saturated heterocycles. The van der Waals surface area contributed by atoms with E-state index in [1.54, 1.807) is 0 Å². The molecule has 0 aliphatic carbocycles. The quantitative estimate of drug-likeness (QED) is 0.282. The Hall–Kier alpha value is -1.61. The van der Waals surface area contributed by atoms with Crippen LogP contribution in [0.1, 0.15) is 63.9 Å². The van der Waals surface area contributed by atoms with E-state index < -0.39 is 10.1 Å². The molecular weight excluding hydrogens is 402 g/mol. The number of ether oxygens (including phenoxy) is 1. The highest BCUT2D eigenvalue weighted by molar-refractivity contribution is 7.86. The van der Waals surface area contributed by atoms with Gasteiger partial charge in [-0.3, -0.25) is 9.19 Å². The van der Waals surface area contributed by atoms with Gasteiger partial charge in [0.05, 0.1) is 37.8 Å². The zero-order valence-corrected chi connectivity index (χ0v) is 19.0. The molecule has 0 unspecified atom stereocenters. The molecule has 30 heavy (non-hydrogen) atoms. The Morgan fingerprint density at radius 3 is 2.37 bits per heavy atom. The summed E-state index contributed by atoms with van der Waals surface area (Å²) in [6.07, 6.45) is 10.9. The fraction of sp³-hybridized carbons (Fsp3) is 0.636. The summed E-state index contributed by atoms with van der Waals surface area (Å²) in [5, 5.41) is 1.93. The molecule has 2 rings (SSSR count). The van der Waals surface area contributed by atoms with Crippen LogP contribution in [0.15, 0.2) is 42.2 Å². The van der Waals surface area contributed by atoms with Crippen LogP contribution in [0, 0.1) is 0 Å². The number of nitrogens with one attached hydrogen (secondary N) is 2. The molecule has 0 bridgehead atoms. The van der Waals surface area contributed by atoms with Crippen LogP contribution in [-0.4, -0.2) is 39.0 Å². The van der Waals surface area contributed by atoms with Crippen molar-refractivity contribution >= 4 is 10.1 Å². The van der Waals surface area contributed by atoms with Gasteiger partial charge in [-0.1, -0.05) is 82.2 Å². The zero-order chi connectivity index (χ0) is 21.5. The Morgan fingerprint density at radius 1 is 0.933 bits per heavy atom. The third kappa shape index (κ3) is 11.0. The predicted molar refractivity (Wildman–Crippen MR) is 120 cm³/mol. The van der Waals surface area contributed by atoms with E-state index >= 15 is 0 Å². The summed E-state index contributed by atoms with van der Waals surface area (Å²) >= 11 is 0. The highest BCUT2D eigenvalue weighted by Gasteiger charge is 2.13. The van der Waals surface area contributed by atoms with Crippen molar-refractivity contribution in [3.63, 3.8) is 0 Å². The molecule has 0 spiro atoms. The third-order valence-electron chi connectivity index (χ3n) is 4.86. The standard InChI is InChI=1S/C22H37N3O4S/c1-2-3-4-5-6-7-8-12-17-30(26,27)29-16-15-28-20-22-19-25(24-23-22)18-21-13-10-9-11-14-21/h9-11,13-14,19,23-24H,2-8,12,15-18,20H2,1H3. The summed E-state index contributed by atoms with van der Waals surface area (Å²) in [6.45, 7) is 3.58. The monoisotopic (exact) mass is 439 g/mol. The molecule has 2 N–H and O–H groups in total. The van der Waals surface area contributed by atoms with Gasteiger partial charge in [0.25, 0.3) is 10.1 Å². The maximum atomic E-state index is 11.9. The molecule has 1 aromatic rings. The minimum atomic E-state index is -3.46. The van der Waals surface area contributed by atoms with Gasteiger partial charge in [-0.15, -0.1) is 5.53 Å². The van der Waals surface area contributed by atoms with Crippen LogP contribution < -0.4 is 11.0 Å². The number of unbranched alkanes of at least 4 members (excludes halogenated alkanes) is 7. The van der Waals surface area contributed by atoms with E-state index in [-0.39, 0.29) is 19.0 Å². The van der Waals surface area contributed by atoms with Crippen molar-refractivity contribution < 1.29 is 17.3 Å². The number of benzene rings is 1. The van der Waals surface area contributed by atoms with Gasteiger partial charge in [-0.25, -0.2) is 0 Å². The maximum absolute atomic E-state index is 11.9. The smallest absolute Gasteiger partial charge is 0.267 e. The molecule has 1 heterocycles. The van der Waals surface area contributed by atoms with Crippen molar-refractivity contribution in [2.24, 2.45) is 0 Å². The lowest BCUT2D eigenvalue weighted by molar-refractivity contribution is 0.115. The fourth-order valence-corrected chi connectivity index (χ4v) is 4.21. The summed E-state index contributed by atoms with van der Waals surface area (Å²) < 4.78 is 34.4. The average molecular weight is 440 g/mol. The van der Waals surface area contributed by atoms with Crippen LogP contribution in [0.4, 0.5) is 0 Å². The Morgan fingerprint density at radius 2 is 1.63 bits per heavy atom. The molecule has 0 aromatic heterocycles. The molecule has 170 valence electrons. The van der Waals surface area contributed by atoms with Crippen molar-refractivity contribution in [3.05, 3.63) is 47.8 Å². The summed E-state index contributed by atoms with van der Waals surface area (Å²) in [6, 6.07) is 10.1. The second-order valence-corrected chi connectivity index (χ2v) is 9.38. The molecule has 7 nitrogen and oxygen atoms in total. The highest BCUT2D eigenvalue weighted by atomic mass is 32.2. The lowest BCUT2D eigenvalue weighted by Crippen LogP contribution is -2.36. The van der Waals surface area contributed by atoms with Gasteiger partial charge in [0.15, 0.2) is 0 Å². The second-order valence-electron chi connectivity index (χ2n) is 7.62. The predicted octanol–water partition coefficient (Wildman–Crippen LogP) is 3.86. The van der Waals surface area contributed by atoms with Gasteiger partial charge in [0.2, 0.25) is 0 Å². The molecule has 0 saturated carbocycles. The van der Waals surface area contributed by atoms with Crippen LogP contribution in [0.25, 0.3) is 0 Å². The summed E-state index contributed by atoms with van der Waals surface area (Å²) in [5.41, 5.74) is 8.17. The lowest BCUT2D eigenvalue weighted by Gasteiger charge is -2.14. The first-order chi connectivity index (χ1) is 14.6. The van der Waals surface area contributed by atoms with Crippen LogP contribution in [-0.2, 0) is 25.6 Å². The Balaban J connectivity index is 1.49. The Bertz CT molecular complexity index is 710. The van der Waals surface area contributed by atoms with E-state index in [0.717, 1.165) is 25.1 Å². The van der Waals surface area contributed by atoms with E-state index in [9.17, 15) is 8.42 Å². The van der Waals surface area contributed by atoms with Crippen LogP contribution >= 0.6 is 0 Å². The number of hydrogen-bond acceptors (Lipinski definition) is 7. The van der Waals surface area contributed by atoms with E-state index in [1.807, 2.05) is 29.4 Å². The molecule has 1 aromatic carbocycles. The van der Waals surface area contributed by atoms with Gasteiger partial charge >= 0.3 is 0 Å². The van der Waals surface area contributed by atoms with Crippen molar-refractivity contribution in [2.75, 3.05) is 25.6 Å². The minimum absolute atomic E-state index is 0.0494. The fourth-order valence-electron chi connectivity index (χ4n) is 3.21. The Labute approximate surface area is 181 Å². The van der Waals surface area contributed by atoms with E-state index in [2.05, 4.69) is 30.0 Å². The maximum Gasteiger partial charge on any atom is 0.267 e. The van der Waals surface area contributed by atoms with Gasteiger partial charge in [-0.2, -0.15) is 8.42 Å². The number of nitrogens with zero attached hydrogens (tertiary/aromatic N) is 1. The molecule has 0 fully saturated rings. The van der Waals surface area contributed by atoms with Crippen LogP contribution in [0.5, 0.6) is 0 Å². The van der Waals surface area contributed by atoms with Crippen LogP contribution in [0.3, 0.4) is 0 Å². The van der Waals surface area contributed by atoms with Crippen molar-refractivity contribution in [1.82, 2.24) is 16.0 Å². The van der Waals surface area contributed by atoms with Gasteiger partial charge in [0.1, 0.15) is 0 Å². The number of rotatable bonds is 17. The number of hydrazine groups is 2. The Kier molecular flexibility index (Phi) is 11.8. The summed E-state index contributed by atoms with van der Waals surface area (Å²) in [7, 11) is -3.46. The van der Waals surface area contributed by atoms with Crippen molar-refractivity contribution in [2.45, 2.75) is 64.8 Å². The average Bonchev–Trinajstić information content (AvgIpc) is 3.17. The molecule has 1 aliphatic heterocycles. The molecular formula is C22H37N3O4S. The molecule has 0 radical (unpaired) electrons. The first kappa shape index (κ1) is 24.7. The largest absolute Gasteiger partial charge is 0.373 e. The van der Waals surface area contributed by atoms with Crippen LogP contribution in [0.2, 0.25) is 0 Å². The van der Waals surface area contributed by atoms with Crippen molar-refractivity contribution in [3.8, 4) is 0 Å². The van der Waals surface area contributed by atoms with Gasteiger partial charge in [0, 0.05) is 6.20 Å². The lowest BCUT2D eigenvalue weighted by atomic mass is 10.1. The van der Waals surface area contributed by atoms with E-state index in [4.69, 9.17) is 8.92 Å².